The van der Waals surface area contributed by atoms with Crippen LogP contribution in [0.2, 0.25) is 0 Å². The molecule has 0 spiro atoms. The highest BCUT2D eigenvalue weighted by atomic mass is 16.3. The number of carbonyl (C=O) groups excluding carboxylic acids is 2. The fourth-order valence-electron chi connectivity index (χ4n) is 1.83. The van der Waals surface area contributed by atoms with Crippen molar-refractivity contribution in [3.63, 3.8) is 0 Å². The Labute approximate surface area is 105 Å². The Morgan fingerprint density at radius 2 is 1.94 bits per heavy atom. The zero-order valence-electron chi connectivity index (χ0n) is 10.2. The van der Waals surface area contributed by atoms with E-state index in [0.29, 0.717) is 24.3 Å². The van der Waals surface area contributed by atoms with Gasteiger partial charge in [-0.15, -0.1) is 0 Å². The van der Waals surface area contributed by atoms with Crippen LogP contribution in [0.15, 0.2) is 24.3 Å². The smallest absolute Gasteiger partial charge is 0.227 e. The standard InChI is InChI=1S/C13H16N2O3/c1-9(16)10-2-4-11(5-3-10)15-12(17)6-13(18)7-14-8-13/h2-5,14,18H,6-8H2,1H3,(H,15,17). The molecule has 0 aromatic heterocycles. The maximum Gasteiger partial charge on any atom is 0.227 e. The number of amides is 1. The molecule has 1 aromatic rings. The van der Waals surface area contributed by atoms with Gasteiger partial charge in [0.15, 0.2) is 5.78 Å². The van der Waals surface area contributed by atoms with Crippen LogP contribution in [-0.4, -0.2) is 35.5 Å². The molecular weight excluding hydrogens is 232 g/mol. The minimum Gasteiger partial charge on any atom is -0.387 e. The van der Waals surface area contributed by atoms with Crippen molar-refractivity contribution in [1.29, 1.82) is 0 Å². The molecule has 3 N–H and O–H groups in total. The van der Waals surface area contributed by atoms with Gasteiger partial charge in [-0.1, -0.05) is 0 Å². The Kier molecular flexibility index (Phi) is 3.45. The molecule has 1 aliphatic rings. The summed E-state index contributed by atoms with van der Waals surface area (Å²) in [4.78, 5) is 22.8. The molecule has 5 heteroatoms. The third kappa shape index (κ3) is 2.94. The molecule has 1 heterocycles. The minimum atomic E-state index is -0.913. The molecular formula is C13H16N2O3. The molecule has 0 saturated carbocycles. The second-order valence-corrected chi connectivity index (χ2v) is 4.69. The first-order valence-corrected chi connectivity index (χ1v) is 5.82. The lowest BCUT2D eigenvalue weighted by molar-refractivity contribution is -0.123. The molecule has 1 aliphatic heterocycles. The number of β-amino-alcohol motifs (C(OH)–C–C–N with tert-alkyl or cyclic N) is 1. The number of ketones is 1. The highest BCUT2D eigenvalue weighted by Crippen LogP contribution is 2.17. The van der Waals surface area contributed by atoms with Gasteiger partial charge >= 0.3 is 0 Å². The van der Waals surface area contributed by atoms with Crippen molar-refractivity contribution in [2.75, 3.05) is 18.4 Å². The first-order valence-electron chi connectivity index (χ1n) is 5.82. The molecule has 0 bridgehead atoms. The molecule has 1 amide bonds. The summed E-state index contributed by atoms with van der Waals surface area (Å²) in [6, 6.07) is 6.69. The highest BCUT2D eigenvalue weighted by Gasteiger charge is 2.36. The molecule has 18 heavy (non-hydrogen) atoms. The summed E-state index contributed by atoms with van der Waals surface area (Å²) in [5.74, 6) is -0.239. The van der Waals surface area contributed by atoms with Crippen LogP contribution in [-0.2, 0) is 4.79 Å². The van der Waals surface area contributed by atoms with Crippen molar-refractivity contribution in [3.05, 3.63) is 29.8 Å². The highest BCUT2D eigenvalue weighted by molar-refractivity contribution is 5.95. The van der Waals surface area contributed by atoms with Gasteiger partial charge in [-0.3, -0.25) is 9.59 Å². The van der Waals surface area contributed by atoms with Gasteiger partial charge in [-0.2, -0.15) is 0 Å². The van der Waals surface area contributed by atoms with Gasteiger partial charge in [0.1, 0.15) is 0 Å². The van der Waals surface area contributed by atoms with E-state index in [9.17, 15) is 14.7 Å². The number of anilines is 1. The summed E-state index contributed by atoms with van der Waals surface area (Å²) in [6.07, 6.45) is 0.0778. The van der Waals surface area contributed by atoms with Crippen molar-refractivity contribution >= 4 is 17.4 Å². The molecule has 0 aliphatic carbocycles. The van der Waals surface area contributed by atoms with E-state index in [4.69, 9.17) is 0 Å². The molecule has 1 aromatic carbocycles. The molecule has 0 unspecified atom stereocenters. The summed E-state index contributed by atoms with van der Waals surface area (Å²) in [5.41, 5.74) is 0.319. The monoisotopic (exact) mass is 248 g/mol. The molecule has 1 saturated heterocycles. The average Bonchev–Trinajstić information content (AvgIpc) is 2.27. The van der Waals surface area contributed by atoms with E-state index in [0.717, 1.165) is 0 Å². The van der Waals surface area contributed by atoms with Gasteiger partial charge < -0.3 is 15.7 Å². The summed E-state index contributed by atoms with van der Waals surface area (Å²) >= 11 is 0. The van der Waals surface area contributed by atoms with Crippen molar-refractivity contribution in [2.45, 2.75) is 18.9 Å². The van der Waals surface area contributed by atoms with Gasteiger partial charge in [0.25, 0.3) is 0 Å². The second kappa shape index (κ2) is 4.88. The Balaban J connectivity index is 1.92. The van der Waals surface area contributed by atoms with Crippen LogP contribution in [0.4, 0.5) is 5.69 Å². The number of hydrogen-bond acceptors (Lipinski definition) is 4. The van der Waals surface area contributed by atoms with E-state index in [1.807, 2.05) is 0 Å². The molecule has 1 fully saturated rings. The average molecular weight is 248 g/mol. The summed E-state index contributed by atoms with van der Waals surface area (Å²) in [5, 5.41) is 15.4. The fraction of sp³-hybridized carbons (Fsp3) is 0.385. The zero-order chi connectivity index (χ0) is 13.2. The first-order chi connectivity index (χ1) is 8.48. The third-order valence-electron chi connectivity index (χ3n) is 2.97. The van der Waals surface area contributed by atoms with Gasteiger partial charge in [0, 0.05) is 24.3 Å². The normalized spacial score (nSPS) is 16.8. The fourth-order valence-corrected chi connectivity index (χ4v) is 1.83. The quantitative estimate of drug-likeness (QED) is 0.680. The molecule has 5 nitrogen and oxygen atoms in total. The van der Waals surface area contributed by atoms with Crippen LogP contribution in [0, 0.1) is 0 Å². The van der Waals surface area contributed by atoms with Gasteiger partial charge in [0.2, 0.25) is 5.91 Å². The largest absolute Gasteiger partial charge is 0.387 e. The maximum atomic E-state index is 11.7. The van der Waals surface area contributed by atoms with Crippen LogP contribution in [0.1, 0.15) is 23.7 Å². The number of hydrogen-bond donors (Lipinski definition) is 3. The summed E-state index contributed by atoms with van der Waals surface area (Å²) < 4.78 is 0. The molecule has 0 radical (unpaired) electrons. The topological polar surface area (TPSA) is 78.4 Å². The number of nitrogens with one attached hydrogen (secondary N) is 2. The van der Waals surface area contributed by atoms with E-state index in [1.54, 1.807) is 24.3 Å². The predicted molar refractivity (Wildman–Crippen MR) is 67.5 cm³/mol. The van der Waals surface area contributed by atoms with Gasteiger partial charge in [0.05, 0.1) is 12.0 Å². The van der Waals surface area contributed by atoms with Crippen LogP contribution in [0.3, 0.4) is 0 Å². The molecule has 96 valence electrons. The maximum absolute atomic E-state index is 11.7. The zero-order valence-corrected chi connectivity index (χ0v) is 10.2. The molecule has 2 rings (SSSR count). The number of benzene rings is 1. The lowest BCUT2D eigenvalue weighted by atomic mass is 9.93. The number of aliphatic hydroxyl groups is 1. The summed E-state index contributed by atoms with van der Waals surface area (Å²) in [6.45, 7) is 2.39. The SMILES string of the molecule is CC(=O)c1ccc(NC(=O)CC2(O)CNC2)cc1. The van der Waals surface area contributed by atoms with Crippen molar-refractivity contribution < 1.29 is 14.7 Å². The Bertz CT molecular complexity index is 464. The number of Topliss-reactive ketones (excluding diaryl/α,β-unsaturated/α-hetero) is 1. The Hall–Kier alpha value is -1.72. The first kappa shape index (κ1) is 12.7. The lowest BCUT2D eigenvalue weighted by Crippen LogP contribution is -2.60. The van der Waals surface area contributed by atoms with Crippen LogP contribution in [0.25, 0.3) is 0 Å². The van der Waals surface area contributed by atoms with Gasteiger partial charge in [-0.05, 0) is 31.2 Å². The predicted octanol–water partition coefficient (Wildman–Crippen LogP) is 0.552. The van der Waals surface area contributed by atoms with Gasteiger partial charge in [-0.25, -0.2) is 0 Å². The van der Waals surface area contributed by atoms with Crippen LogP contribution in [0.5, 0.6) is 0 Å². The van der Waals surface area contributed by atoms with E-state index in [-0.39, 0.29) is 18.1 Å². The van der Waals surface area contributed by atoms with Crippen LogP contribution >= 0.6 is 0 Å². The number of rotatable bonds is 4. The van der Waals surface area contributed by atoms with E-state index in [2.05, 4.69) is 10.6 Å². The van der Waals surface area contributed by atoms with Crippen LogP contribution < -0.4 is 10.6 Å². The van der Waals surface area contributed by atoms with E-state index in [1.165, 1.54) is 6.92 Å². The van der Waals surface area contributed by atoms with Crippen molar-refractivity contribution in [3.8, 4) is 0 Å². The molecule has 0 atom stereocenters. The van der Waals surface area contributed by atoms with E-state index < -0.39 is 5.60 Å². The van der Waals surface area contributed by atoms with Crippen molar-refractivity contribution in [2.24, 2.45) is 0 Å². The van der Waals surface area contributed by atoms with Crippen molar-refractivity contribution in [1.82, 2.24) is 5.32 Å². The Morgan fingerprint density at radius 1 is 1.33 bits per heavy atom. The number of carbonyl (C=O) groups is 2. The summed E-state index contributed by atoms with van der Waals surface area (Å²) in [7, 11) is 0. The Morgan fingerprint density at radius 3 is 2.39 bits per heavy atom. The van der Waals surface area contributed by atoms with E-state index >= 15 is 0 Å². The minimum absolute atomic E-state index is 0.0114. The lowest BCUT2D eigenvalue weighted by Gasteiger charge is -2.36. The second-order valence-electron chi connectivity index (χ2n) is 4.69. The third-order valence-corrected chi connectivity index (χ3v) is 2.97.